The number of carbonyl (C=O) groups is 1. The molecule has 1 aromatic carbocycles. The molecule has 92 valence electrons. The first-order valence-corrected chi connectivity index (χ1v) is 6.37. The monoisotopic (exact) mass is 304 g/mol. The van der Waals surface area contributed by atoms with Gasteiger partial charge >= 0.3 is 0 Å². The first-order chi connectivity index (χ1) is 8.59. The molecule has 0 fully saturated rings. The number of aromatic nitrogens is 1. The number of amides is 1. The van der Waals surface area contributed by atoms with Gasteiger partial charge in [-0.3, -0.25) is 4.79 Å². The molecule has 0 saturated carbocycles. The summed E-state index contributed by atoms with van der Waals surface area (Å²) in [5.74, 6) is 0.434. The van der Waals surface area contributed by atoms with Crippen LogP contribution < -0.4 is 5.32 Å². The molecule has 1 heterocycles. The molecule has 0 aliphatic rings. The van der Waals surface area contributed by atoms with Crippen LogP contribution >= 0.6 is 15.9 Å². The third-order valence-corrected chi connectivity index (χ3v) is 3.73. The Morgan fingerprint density at radius 2 is 1.89 bits per heavy atom. The van der Waals surface area contributed by atoms with Crippen LogP contribution in [0.4, 0.5) is 5.82 Å². The summed E-state index contributed by atoms with van der Waals surface area (Å²) in [6, 6.07) is 9.35. The van der Waals surface area contributed by atoms with Crippen molar-refractivity contribution < 1.29 is 4.79 Å². The van der Waals surface area contributed by atoms with E-state index in [9.17, 15) is 4.79 Å². The summed E-state index contributed by atoms with van der Waals surface area (Å²) in [5, 5.41) is 2.81. The van der Waals surface area contributed by atoms with Crippen molar-refractivity contribution in [3.05, 3.63) is 57.7 Å². The Kier molecular flexibility index (Phi) is 3.77. The highest BCUT2D eigenvalue weighted by atomic mass is 79.9. The van der Waals surface area contributed by atoms with E-state index in [0.29, 0.717) is 11.4 Å². The minimum atomic E-state index is -0.160. The zero-order chi connectivity index (χ0) is 13.1. The molecule has 3 nitrogen and oxygen atoms in total. The van der Waals surface area contributed by atoms with E-state index in [1.54, 1.807) is 12.3 Å². The Morgan fingerprint density at radius 1 is 1.17 bits per heavy atom. The third kappa shape index (κ3) is 2.59. The zero-order valence-electron chi connectivity index (χ0n) is 10.2. The maximum atomic E-state index is 12.2. The number of nitrogens with one attached hydrogen (secondary N) is 1. The smallest absolute Gasteiger partial charge is 0.257 e. The summed E-state index contributed by atoms with van der Waals surface area (Å²) >= 11 is 3.43. The van der Waals surface area contributed by atoms with Crippen LogP contribution in [0.5, 0.6) is 0 Å². The van der Waals surface area contributed by atoms with E-state index in [4.69, 9.17) is 0 Å². The summed E-state index contributed by atoms with van der Waals surface area (Å²) in [5.41, 5.74) is 2.58. The zero-order valence-corrected chi connectivity index (χ0v) is 11.8. The number of nitrogens with zero attached hydrogens (tertiary/aromatic N) is 1. The van der Waals surface area contributed by atoms with E-state index >= 15 is 0 Å². The summed E-state index contributed by atoms with van der Waals surface area (Å²) in [7, 11) is 0. The lowest BCUT2D eigenvalue weighted by Gasteiger charge is -2.09. The maximum absolute atomic E-state index is 12.2. The molecule has 2 aromatic rings. The standard InChI is InChI=1S/C14H13BrN2O/c1-9-5-3-7-11(12(9)15)14(18)17-13-10(2)6-4-8-16-13/h3-8H,1-2H3,(H,16,17,18). The molecule has 0 spiro atoms. The van der Waals surface area contributed by atoms with Crippen molar-refractivity contribution in [1.82, 2.24) is 4.98 Å². The molecular formula is C14H13BrN2O. The van der Waals surface area contributed by atoms with Gasteiger partial charge in [0.1, 0.15) is 5.82 Å². The molecule has 1 N–H and O–H groups in total. The van der Waals surface area contributed by atoms with Crippen LogP contribution in [0.3, 0.4) is 0 Å². The topological polar surface area (TPSA) is 42.0 Å². The number of carbonyl (C=O) groups excluding carboxylic acids is 1. The van der Waals surface area contributed by atoms with Crippen molar-refractivity contribution in [2.75, 3.05) is 5.32 Å². The molecule has 1 aromatic heterocycles. The van der Waals surface area contributed by atoms with Crippen molar-refractivity contribution in [3.63, 3.8) is 0 Å². The fourth-order valence-electron chi connectivity index (χ4n) is 1.61. The Morgan fingerprint density at radius 3 is 2.61 bits per heavy atom. The van der Waals surface area contributed by atoms with Crippen LogP contribution in [0.25, 0.3) is 0 Å². The summed E-state index contributed by atoms with van der Waals surface area (Å²) < 4.78 is 0.816. The van der Waals surface area contributed by atoms with Crippen LogP contribution in [0.1, 0.15) is 21.5 Å². The van der Waals surface area contributed by atoms with Gasteiger partial charge in [-0.2, -0.15) is 0 Å². The van der Waals surface area contributed by atoms with Crippen LogP contribution in [-0.2, 0) is 0 Å². The Labute approximate surface area is 114 Å². The van der Waals surface area contributed by atoms with Gasteiger partial charge in [-0.15, -0.1) is 0 Å². The number of pyridine rings is 1. The molecule has 0 saturated heterocycles. The predicted molar refractivity (Wildman–Crippen MR) is 75.8 cm³/mol. The third-order valence-electron chi connectivity index (χ3n) is 2.68. The molecule has 0 aliphatic carbocycles. The Hall–Kier alpha value is -1.68. The van der Waals surface area contributed by atoms with Crippen molar-refractivity contribution in [2.24, 2.45) is 0 Å². The van der Waals surface area contributed by atoms with Crippen LogP contribution in [-0.4, -0.2) is 10.9 Å². The lowest BCUT2D eigenvalue weighted by molar-refractivity contribution is 0.102. The van der Waals surface area contributed by atoms with Crippen LogP contribution in [0.2, 0.25) is 0 Å². The number of rotatable bonds is 2. The van der Waals surface area contributed by atoms with Crippen molar-refractivity contribution in [3.8, 4) is 0 Å². The van der Waals surface area contributed by atoms with E-state index in [2.05, 4.69) is 26.2 Å². The van der Waals surface area contributed by atoms with Crippen molar-refractivity contribution in [1.29, 1.82) is 0 Å². The average molecular weight is 305 g/mol. The molecule has 4 heteroatoms. The molecule has 0 aliphatic heterocycles. The van der Waals surface area contributed by atoms with Gasteiger partial charge in [-0.1, -0.05) is 18.2 Å². The van der Waals surface area contributed by atoms with Gasteiger partial charge in [0.25, 0.3) is 5.91 Å². The van der Waals surface area contributed by atoms with Crippen LogP contribution in [0, 0.1) is 13.8 Å². The van der Waals surface area contributed by atoms with Crippen LogP contribution in [0.15, 0.2) is 41.0 Å². The summed E-state index contributed by atoms with van der Waals surface area (Å²) in [4.78, 5) is 16.3. The number of benzene rings is 1. The number of aryl methyl sites for hydroxylation is 2. The SMILES string of the molecule is Cc1cccnc1NC(=O)c1cccc(C)c1Br. The first-order valence-electron chi connectivity index (χ1n) is 5.57. The highest BCUT2D eigenvalue weighted by Gasteiger charge is 2.12. The molecule has 1 amide bonds. The normalized spacial score (nSPS) is 10.2. The molecule has 0 atom stereocenters. The highest BCUT2D eigenvalue weighted by molar-refractivity contribution is 9.10. The second-order valence-electron chi connectivity index (χ2n) is 4.06. The fourth-order valence-corrected chi connectivity index (χ4v) is 2.06. The first kappa shape index (κ1) is 12.8. The largest absolute Gasteiger partial charge is 0.306 e. The summed E-state index contributed by atoms with van der Waals surface area (Å²) in [6.07, 6.45) is 1.66. The Balaban J connectivity index is 2.28. The second-order valence-corrected chi connectivity index (χ2v) is 4.85. The van der Waals surface area contributed by atoms with Gasteiger partial charge < -0.3 is 5.32 Å². The molecule has 2 rings (SSSR count). The molecule has 18 heavy (non-hydrogen) atoms. The van der Waals surface area contributed by atoms with E-state index in [-0.39, 0.29) is 5.91 Å². The van der Waals surface area contributed by atoms with E-state index < -0.39 is 0 Å². The van der Waals surface area contributed by atoms with Gasteiger partial charge in [-0.05, 0) is 53.0 Å². The minimum Gasteiger partial charge on any atom is -0.306 e. The summed E-state index contributed by atoms with van der Waals surface area (Å²) in [6.45, 7) is 3.86. The predicted octanol–water partition coefficient (Wildman–Crippen LogP) is 3.71. The van der Waals surface area contributed by atoms with E-state index in [0.717, 1.165) is 15.6 Å². The molecular weight excluding hydrogens is 292 g/mol. The van der Waals surface area contributed by atoms with Gasteiger partial charge in [0.15, 0.2) is 0 Å². The average Bonchev–Trinajstić information content (AvgIpc) is 2.35. The highest BCUT2D eigenvalue weighted by Crippen LogP contribution is 2.22. The van der Waals surface area contributed by atoms with Crippen molar-refractivity contribution >= 4 is 27.7 Å². The molecule has 0 bridgehead atoms. The maximum Gasteiger partial charge on any atom is 0.257 e. The lowest BCUT2D eigenvalue weighted by atomic mass is 10.1. The quantitative estimate of drug-likeness (QED) is 0.919. The van der Waals surface area contributed by atoms with Gasteiger partial charge in [0.05, 0.1) is 5.56 Å². The second kappa shape index (κ2) is 5.31. The lowest BCUT2D eigenvalue weighted by Crippen LogP contribution is -2.14. The van der Waals surface area contributed by atoms with Gasteiger partial charge in [-0.25, -0.2) is 4.98 Å². The van der Waals surface area contributed by atoms with Crippen molar-refractivity contribution in [2.45, 2.75) is 13.8 Å². The van der Waals surface area contributed by atoms with E-state index in [1.807, 2.05) is 38.1 Å². The molecule has 0 unspecified atom stereocenters. The van der Waals surface area contributed by atoms with Gasteiger partial charge in [0.2, 0.25) is 0 Å². The number of halogens is 1. The van der Waals surface area contributed by atoms with E-state index in [1.165, 1.54) is 0 Å². The Bertz CT molecular complexity index is 596. The number of hydrogen-bond donors (Lipinski definition) is 1. The minimum absolute atomic E-state index is 0.160. The number of hydrogen-bond acceptors (Lipinski definition) is 2. The fraction of sp³-hybridized carbons (Fsp3) is 0.143. The number of anilines is 1. The van der Waals surface area contributed by atoms with Gasteiger partial charge in [0, 0.05) is 10.7 Å². The molecule has 0 radical (unpaired) electrons.